The summed E-state index contributed by atoms with van der Waals surface area (Å²) in [6, 6.07) is 0. The molecule has 0 saturated carbocycles. The van der Waals surface area contributed by atoms with Crippen LogP contribution < -0.4 is 5.32 Å². The quantitative estimate of drug-likeness (QED) is 0.758. The zero-order chi connectivity index (χ0) is 17.5. The van der Waals surface area contributed by atoms with Gasteiger partial charge in [-0.25, -0.2) is 4.98 Å². The lowest BCUT2D eigenvalue weighted by Gasteiger charge is -2.31. The third-order valence-corrected chi connectivity index (χ3v) is 5.15. The number of piperidine rings is 1. The summed E-state index contributed by atoms with van der Waals surface area (Å²) in [5.41, 5.74) is 0. The number of rotatable bonds is 8. The molecular formula is C18H30N4O3. The summed E-state index contributed by atoms with van der Waals surface area (Å²) in [7, 11) is 1.72. The Morgan fingerprint density at radius 1 is 1.40 bits per heavy atom. The highest BCUT2D eigenvalue weighted by atomic mass is 16.5. The van der Waals surface area contributed by atoms with Crippen molar-refractivity contribution in [3.8, 4) is 0 Å². The van der Waals surface area contributed by atoms with Gasteiger partial charge < -0.3 is 19.4 Å². The molecule has 3 heterocycles. The minimum absolute atomic E-state index is 0.107. The molecule has 0 bridgehead atoms. The predicted octanol–water partition coefficient (Wildman–Crippen LogP) is 1.00. The smallest absolute Gasteiger partial charge is 0.234 e. The number of amides is 1. The molecule has 1 aromatic rings. The van der Waals surface area contributed by atoms with Gasteiger partial charge in [0, 0.05) is 45.1 Å². The van der Waals surface area contributed by atoms with E-state index < -0.39 is 0 Å². The molecule has 2 saturated heterocycles. The van der Waals surface area contributed by atoms with E-state index in [1.165, 1.54) is 0 Å². The van der Waals surface area contributed by atoms with Crippen LogP contribution in [0, 0.1) is 0 Å². The Kier molecular flexibility index (Phi) is 6.84. The molecule has 25 heavy (non-hydrogen) atoms. The second-order valence-corrected chi connectivity index (χ2v) is 6.96. The van der Waals surface area contributed by atoms with Crippen molar-refractivity contribution in [3.63, 3.8) is 0 Å². The van der Waals surface area contributed by atoms with Crippen molar-refractivity contribution in [1.29, 1.82) is 0 Å². The van der Waals surface area contributed by atoms with Crippen LogP contribution in [0.25, 0.3) is 0 Å². The molecule has 0 spiro atoms. The van der Waals surface area contributed by atoms with Crippen molar-refractivity contribution in [3.05, 3.63) is 18.2 Å². The predicted molar refractivity (Wildman–Crippen MR) is 94.5 cm³/mol. The molecule has 2 aliphatic heterocycles. The Morgan fingerprint density at radius 3 is 2.96 bits per heavy atom. The summed E-state index contributed by atoms with van der Waals surface area (Å²) >= 11 is 0. The van der Waals surface area contributed by atoms with E-state index in [0.29, 0.717) is 25.6 Å². The molecule has 1 unspecified atom stereocenters. The van der Waals surface area contributed by atoms with Crippen LogP contribution in [0.3, 0.4) is 0 Å². The first-order chi connectivity index (χ1) is 12.3. The topological polar surface area (TPSA) is 68.6 Å². The van der Waals surface area contributed by atoms with Gasteiger partial charge in [0.15, 0.2) is 0 Å². The largest absolute Gasteiger partial charge is 0.383 e. The first-order valence-corrected chi connectivity index (χ1v) is 9.37. The molecule has 7 nitrogen and oxygen atoms in total. The van der Waals surface area contributed by atoms with Gasteiger partial charge in [-0.1, -0.05) is 0 Å². The van der Waals surface area contributed by atoms with Gasteiger partial charge in [0.2, 0.25) is 5.91 Å². The molecule has 0 radical (unpaired) electrons. The number of nitrogens with one attached hydrogen (secondary N) is 1. The number of ether oxygens (including phenoxy) is 2. The minimum atomic E-state index is 0.107. The third kappa shape index (κ3) is 5.26. The number of likely N-dealkylation sites (tertiary alicyclic amines) is 1. The van der Waals surface area contributed by atoms with E-state index in [9.17, 15) is 4.79 Å². The molecule has 7 heteroatoms. The summed E-state index contributed by atoms with van der Waals surface area (Å²) in [5.74, 6) is 1.73. The van der Waals surface area contributed by atoms with Crippen molar-refractivity contribution in [2.24, 2.45) is 0 Å². The van der Waals surface area contributed by atoms with Crippen molar-refractivity contribution >= 4 is 5.91 Å². The lowest BCUT2D eigenvalue weighted by atomic mass is 9.96. The second kappa shape index (κ2) is 9.31. The van der Waals surface area contributed by atoms with Crippen LogP contribution in [-0.4, -0.2) is 73.0 Å². The van der Waals surface area contributed by atoms with E-state index in [1.807, 2.05) is 12.4 Å². The first kappa shape index (κ1) is 18.4. The second-order valence-electron chi connectivity index (χ2n) is 6.96. The molecule has 3 rings (SSSR count). The Labute approximate surface area is 149 Å². The van der Waals surface area contributed by atoms with Crippen LogP contribution in [0.4, 0.5) is 0 Å². The molecule has 1 amide bonds. The molecule has 0 aliphatic carbocycles. The van der Waals surface area contributed by atoms with Gasteiger partial charge >= 0.3 is 0 Å². The van der Waals surface area contributed by atoms with Crippen molar-refractivity contribution < 1.29 is 14.3 Å². The van der Waals surface area contributed by atoms with Gasteiger partial charge in [-0.3, -0.25) is 9.69 Å². The molecule has 2 aliphatic rings. The average Bonchev–Trinajstić information content (AvgIpc) is 3.30. The average molecular weight is 350 g/mol. The van der Waals surface area contributed by atoms with Gasteiger partial charge in [-0.2, -0.15) is 0 Å². The van der Waals surface area contributed by atoms with E-state index in [0.717, 1.165) is 57.7 Å². The van der Waals surface area contributed by atoms with E-state index in [4.69, 9.17) is 9.47 Å². The zero-order valence-electron chi connectivity index (χ0n) is 15.2. The van der Waals surface area contributed by atoms with Gasteiger partial charge in [0.05, 0.1) is 19.3 Å². The Bertz CT molecular complexity index is 534. The number of carbonyl (C=O) groups is 1. The van der Waals surface area contributed by atoms with Crippen LogP contribution in [0.2, 0.25) is 0 Å². The molecular weight excluding hydrogens is 320 g/mol. The summed E-state index contributed by atoms with van der Waals surface area (Å²) < 4.78 is 12.9. The van der Waals surface area contributed by atoms with Crippen molar-refractivity contribution in [2.45, 2.75) is 44.2 Å². The molecule has 1 aromatic heterocycles. The lowest BCUT2D eigenvalue weighted by Crippen LogP contribution is -2.43. The number of carbonyl (C=O) groups excluding carboxylic acids is 1. The number of methoxy groups -OCH3 is 1. The zero-order valence-corrected chi connectivity index (χ0v) is 15.2. The van der Waals surface area contributed by atoms with E-state index >= 15 is 0 Å². The standard InChI is InChI=1S/C18H30N4O3/c1-24-12-10-22-9-6-19-18(22)15-4-7-21(8-5-15)14-17(23)20-13-16-3-2-11-25-16/h6,9,15-16H,2-5,7-8,10-14H2,1H3,(H,20,23). The summed E-state index contributed by atoms with van der Waals surface area (Å²) in [4.78, 5) is 18.9. The SMILES string of the molecule is COCCn1ccnc1C1CCN(CC(=O)NCC2CCCO2)CC1. The maximum absolute atomic E-state index is 12.1. The highest BCUT2D eigenvalue weighted by Crippen LogP contribution is 2.26. The van der Waals surface area contributed by atoms with Gasteiger partial charge in [0.1, 0.15) is 5.82 Å². The Morgan fingerprint density at radius 2 is 2.24 bits per heavy atom. The third-order valence-electron chi connectivity index (χ3n) is 5.15. The number of aromatic nitrogens is 2. The van der Waals surface area contributed by atoms with Crippen LogP contribution in [0.5, 0.6) is 0 Å². The Balaban J connectivity index is 1.39. The normalized spacial score (nSPS) is 22.4. The van der Waals surface area contributed by atoms with Crippen LogP contribution in [0.15, 0.2) is 12.4 Å². The molecule has 140 valence electrons. The van der Waals surface area contributed by atoms with E-state index in [1.54, 1.807) is 7.11 Å². The molecule has 1 atom stereocenters. The van der Waals surface area contributed by atoms with Gasteiger partial charge in [-0.15, -0.1) is 0 Å². The molecule has 0 aromatic carbocycles. The number of hydrogen-bond acceptors (Lipinski definition) is 5. The van der Waals surface area contributed by atoms with E-state index in [2.05, 4.69) is 19.8 Å². The van der Waals surface area contributed by atoms with Gasteiger partial charge in [0.25, 0.3) is 0 Å². The molecule has 1 N–H and O–H groups in total. The number of nitrogens with zero attached hydrogens (tertiary/aromatic N) is 3. The van der Waals surface area contributed by atoms with Crippen molar-refractivity contribution in [2.75, 3.05) is 46.5 Å². The summed E-state index contributed by atoms with van der Waals surface area (Å²) in [6.07, 6.45) is 8.36. The maximum atomic E-state index is 12.1. The number of hydrogen-bond donors (Lipinski definition) is 1. The fourth-order valence-corrected chi connectivity index (χ4v) is 3.70. The summed E-state index contributed by atoms with van der Waals surface area (Å²) in [6.45, 7) is 5.38. The first-order valence-electron chi connectivity index (χ1n) is 9.37. The minimum Gasteiger partial charge on any atom is -0.383 e. The fourth-order valence-electron chi connectivity index (χ4n) is 3.70. The fraction of sp³-hybridized carbons (Fsp3) is 0.778. The van der Waals surface area contributed by atoms with Crippen LogP contribution in [0.1, 0.15) is 37.4 Å². The van der Waals surface area contributed by atoms with Crippen molar-refractivity contribution in [1.82, 2.24) is 19.8 Å². The summed E-state index contributed by atoms with van der Waals surface area (Å²) in [5, 5.41) is 3.01. The van der Waals surface area contributed by atoms with Crippen LogP contribution in [-0.2, 0) is 20.8 Å². The highest BCUT2D eigenvalue weighted by molar-refractivity contribution is 5.78. The lowest BCUT2D eigenvalue weighted by molar-refractivity contribution is -0.123. The monoisotopic (exact) mass is 350 g/mol. The van der Waals surface area contributed by atoms with Gasteiger partial charge in [-0.05, 0) is 38.8 Å². The maximum Gasteiger partial charge on any atom is 0.234 e. The molecule has 2 fully saturated rings. The Hall–Kier alpha value is -1.44. The highest BCUT2D eigenvalue weighted by Gasteiger charge is 2.25. The van der Waals surface area contributed by atoms with E-state index in [-0.39, 0.29) is 12.0 Å². The van der Waals surface area contributed by atoms with Crippen LogP contribution >= 0.6 is 0 Å². The number of imidazole rings is 1.